The number of aliphatic carboxylic acids is 1. The summed E-state index contributed by atoms with van der Waals surface area (Å²) in [4.78, 5) is 27.8. The molecule has 0 saturated heterocycles. The number of methoxy groups -OCH3 is 2. The van der Waals surface area contributed by atoms with Gasteiger partial charge in [0, 0.05) is 11.8 Å². The van der Waals surface area contributed by atoms with Gasteiger partial charge in [-0.2, -0.15) is 0 Å². The number of nitrogens with zero attached hydrogens (tertiary/aromatic N) is 1. The van der Waals surface area contributed by atoms with Crippen molar-refractivity contribution in [3.05, 3.63) is 69.8 Å². The van der Waals surface area contributed by atoms with Crippen LogP contribution in [0.25, 0.3) is 0 Å². The molecule has 28 heavy (non-hydrogen) atoms. The fraction of sp³-hybridized carbons (Fsp3) is 0.263. The first kappa shape index (κ1) is 29.3. The second-order valence-corrected chi connectivity index (χ2v) is 4.84. The van der Waals surface area contributed by atoms with Crippen molar-refractivity contribution in [2.45, 2.75) is 13.8 Å². The normalized spacial score (nSPS) is 7.89. The van der Waals surface area contributed by atoms with Crippen LogP contribution in [0.4, 0.5) is 0 Å². The zero-order chi connectivity index (χ0) is 21.2. The number of rotatable bonds is 3. The number of aldehydes is 1. The summed E-state index contributed by atoms with van der Waals surface area (Å²) < 4.78 is 9.89. The van der Waals surface area contributed by atoms with E-state index in [1.807, 2.05) is 18.2 Å². The fourth-order valence-electron chi connectivity index (χ4n) is 1.47. The molecular formula is C19H28N2O7. The van der Waals surface area contributed by atoms with Crippen LogP contribution in [0.1, 0.15) is 22.8 Å². The quantitative estimate of drug-likeness (QED) is 0.453. The Hall–Kier alpha value is -3.46. The fourth-order valence-corrected chi connectivity index (χ4v) is 1.47. The Kier molecular flexibility index (Phi) is 19.2. The molecule has 9 nitrogen and oxygen atoms in total. The van der Waals surface area contributed by atoms with Gasteiger partial charge in [-0.05, 0) is 25.1 Å². The van der Waals surface area contributed by atoms with Gasteiger partial charge < -0.3 is 20.7 Å². The number of benzene rings is 2. The van der Waals surface area contributed by atoms with Crippen LogP contribution in [0.2, 0.25) is 0 Å². The zero-order valence-corrected chi connectivity index (χ0v) is 16.7. The van der Waals surface area contributed by atoms with Crippen LogP contribution < -0.4 is 15.6 Å². The molecule has 4 N–H and O–H groups in total. The molecule has 2 aromatic carbocycles. The van der Waals surface area contributed by atoms with E-state index in [9.17, 15) is 4.79 Å². The lowest BCUT2D eigenvalue weighted by molar-refractivity contribution is -0.445. The molecule has 0 atom stereocenters. The van der Waals surface area contributed by atoms with Gasteiger partial charge in [0.25, 0.3) is 5.97 Å². The molecule has 0 fully saturated rings. The summed E-state index contributed by atoms with van der Waals surface area (Å²) in [7, 11) is 3.96. The average Bonchev–Trinajstić information content (AvgIpc) is 2.61. The van der Waals surface area contributed by atoms with Crippen molar-refractivity contribution in [1.29, 1.82) is 0 Å². The van der Waals surface area contributed by atoms with Gasteiger partial charge in [0.2, 0.25) is 0 Å². The van der Waals surface area contributed by atoms with Crippen molar-refractivity contribution in [3.8, 4) is 11.5 Å². The van der Waals surface area contributed by atoms with E-state index in [1.165, 1.54) is 12.7 Å². The van der Waals surface area contributed by atoms with Crippen LogP contribution >= 0.6 is 0 Å². The van der Waals surface area contributed by atoms with Gasteiger partial charge in [0.15, 0.2) is 13.3 Å². The number of hydrogen-bond donors (Lipinski definition) is 2. The molecule has 156 valence electrons. The second-order valence-electron chi connectivity index (χ2n) is 4.84. The average molecular weight is 396 g/mol. The Morgan fingerprint density at radius 2 is 1.57 bits per heavy atom. The topological polar surface area (TPSA) is 151 Å². The SMILES string of the molecule is CC(=O)O.COc1ccc(OC)c(C=O)c1.C[N+](=O)[O-].Cc1ccccc1.N. The highest BCUT2D eigenvalue weighted by Crippen LogP contribution is 2.21. The van der Waals surface area contributed by atoms with Crippen LogP contribution in [-0.4, -0.2) is 43.6 Å². The van der Waals surface area contributed by atoms with Crippen molar-refractivity contribution >= 4 is 12.3 Å². The highest BCUT2D eigenvalue weighted by atomic mass is 16.6. The van der Waals surface area contributed by atoms with Gasteiger partial charge in [0.1, 0.15) is 11.5 Å². The van der Waals surface area contributed by atoms with E-state index in [4.69, 9.17) is 29.5 Å². The van der Waals surface area contributed by atoms with E-state index in [2.05, 4.69) is 19.1 Å². The Morgan fingerprint density at radius 3 is 1.86 bits per heavy atom. The smallest absolute Gasteiger partial charge is 0.300 e. The Balaban J connectivity index is -0.000000333. The summed E-state index contributed by atoms with van der Waals surface area (Å²) in [5.41, 5.74) is 1.82. The zero-order valence-electron chi connectivity index (χ0n) is 16.7. The van der Waals surface area contributed by atoms with Crippen molar-refractivity contribution in [2.75, 3.05) is 21.3 Å². The largest absolute Gasteiger partial charge is 0.497 e. The minimum Gasteiger partial charge on any atom is -0.497 e. The van der Waals surface area contributed by atoms with Crippen LogP contribution in [-0.2, 0) is 4.79 Å². The summed E-state index contributed by atoms with van der Waals surface area (Å²) in [6.45, 7) is 3.17. The molecule has 0 radical (unpaired) electrons. The van der Waals surface area contributed by atoms with Gasteiger partial charge in [-0.25, -0.2) is 0 Å². The van der Waals surface area contributed by atoms with Gasteiger partial charge >= 0.3 is 0 Å². The molecule has 2 aromatic rings. The predicted molar refractivity (Wildman–Crippen MR) is 107 cm³/mol. The van der Waals surface area contributed by atoms with E-state index in [-0.39, 0.29) is 6.15 Å². The van der Waals surface area contributed by atoms with E-state index in [1.54, 1.807) is 25.3 Å². The Morgan fingerprint density at radius 1 is 1.11 bits per heavy atom. The molecule has 9 heteroatoms. The van der Waals surface area contributed by atoms with Crippen molar-refractivity contribution < 1.29 is 29.1 Å². The molecule has 0 aromatic heterocycles. The number of carboxylic acids is 1. The maximum Gasteiger partial charge on any atom is 0.300 e. The van der Waals surface area contributed by atoms with Gasteiger partial charge in [0.05, 0.1) is 19.8 Å². The first-order valence-electron chi connectivity index (χ1n) is 7.64. The highest BCUT2D eigenvalue weighted by molar-refractivity contribution is 5.80. The van der Waals surface area contributed by atoms with Gasteiger partial charge in [-0.1, -0.05) is 35.9 Å². The van der Waals surface area contributed by atoms with Crippen molar-refractivity contribution in [2.24, 2.45) is 0 Å². The lowest BCUT2D eigenvalue weighted by Crippen LogP contribution is -1.91. The molecule has 0 heterocycles. The number of carbonyl (C=O) groups is 2. The molecule has 0 aliphatic rings. The molecule has 0 aliphatic heterocycles. The predicted octanol–water partition coefficient (Wildman–Crippen LogP) is 3.66. The molecule has 0 aliphatic carbocycles. The Bertz CT molecular complexity index is 672. The number of carboxylic acid groups (broad SMARTS) is 1. The number of carbonyl (C=O) groups excluding carboxylic acids is 1. The lowest BCUT2D eigenvalue weighted by Gasteiger charge is -2.04. The molecule has 0 unspecified atom stereocenters. The third-order valence-corrected chi connectivity index (χ3v) is 2.50. The van der Waals surface area contributed by atoms with Gasteiger partial charge in [-0.15, -0.1) is 0 Å². The summed E-state index contributed by atoms with van der Waals surface area (Å²) in [5.74, 6) is 0.378. The minimum absolute atomic E-state index is 0. The lowest BCUT2D eigenvalue weighted by atomic mass is 10.2. The summed E-state index contributed by atoms with van der Waals surface area (Å²) in [6.07, 6.45) is 0.737. The molecule has 0 spiro atoms. The van der Waals surface area contributed by atoms with E-state index in [0.29, 0.717) is 17.1 Å². The third-order valence-electron chi connectivity index (χ3n) is 2.50. The second kappa shape index (κ2) is 18.3. The van der Waals surface area contributed by atoms with Crippen LogP contribution in [0.3, 0.4) is 0 Å². The monoisotopic (exact) mass is 396 g/mol. The molecule has 2 rings (SSSR count). The number of nitro groups is 1. The van der Waals surface area contributed by atoms with Crippen molar-refractivity contribution in [1.82, 2.24) is 6.15 Å². The van der Waals surface area contributed by atoms with Crippen molar-refractivity contribution in [3.63, 3.8) is 0 Å². The number of hydrogen-bond acceptors (Lipinski definition) is 7. The highest BCUT2D eigenvalue weighted by Gasteiger charge is 2.02. The minimum atomic E-state index is -0.833. The Labute approximate surface area is 164 Å². The maximum absolute atomic E-state index is 10.5. The van der Waals surface area contributed by atoms with E-state index < -0.39 is 10.9 Å². The molecule has 0 saturated carbocycles. The van der Waals surface area contributed by atoms with Crippen LogP contribution in [0.15, 0.2) is 48.5 Å². The summed E-state index contributed by atoms with van der Waals surface area (Å²) in [6, 6.07) is 15.3. The van der Waals surface area contributed by atoms with Gasteiger partial charge in [-0.3, -0.25) is 19.7 Å². The first-order chi connectivity index (χ1) is 12.7. The molecular weight excluding hydrogens is 368 g/mol. The van der Waals surface area contributed by atoms with Crippen LogP contribution in [0, 0.1) is 17.0 Å². The maximum atomic E-state index is 10.5. The summed E-state index contributed by atoms with van der Waals surface area (Å²) >= 11 is 0. The third kappa shape index (κ3) is 18.9. The number of aryl methyl sites for hydroxylation is 1. The first-order valence-corrected chi connectivity index (χ1v) is 7.64. The van der Waals surface area contributed by atoms with Crippen LogP contribution in [0.5, 0.6) is 11.5 Å². The number of ether oxygens (including phenoxy) is 2. The van der Waals surface area contributed by atoms with E-state index in [0.717, 1.165) is 20.3 Å². The molecule has 0 bridgehead atoms. The molecule has 0 amide bonds. The standard InChI is InChI=1S/C9H10O3.C7H8.C2H4O2.CH3NO2.H3N/c1-11-8-3-4-9(12-2)7(5-8)6-10;1-7-5-3-2-4-6-7;2*1-2(3)4;/h3-6H,1-2H3;2-6H,1H3;1H3,(H,3,4);1H3;1H3. The van der Waals surface area contributed by atoms with E-state index >= 15 is 0 Å². The summed E-state index contributed by atoms with van der Waals surface area (Å²) in [5, 5.41) is 16.2.